The summed E-state index contributed by atoms with van der Waals surface area (Å²) < 4.78 is 0. The molecule has 0 saturated carbocycles. The number of nitrogens with one attached hydrogen (secondary N) is 1. The Labute approximate surface area is 185 Å². The van der Waals surface area contributed by atoms with Gasteiger partial charge in [0.15, 0.2) is 0 Å². The number of hydrogen-bond donors (Lipinski definition) is 2. The number of unbranched alkanes of at least 4 members (excludes halogenated alkanes) is 1. The Morgan fingerprint density at radius 2 is 2.03 bits per heavy atom. The van der Waals surface area contributed by atoms with E-state index in [0.717, 1.165) is 48.4 Å². The molecule has 1 heterocycles. The molecule has 0 radical (unpaired) electrons. The lowest BCUT2D eigenvalue weighted by molar-refractivity contribution is -0.105. The molecule has 3 atom stereocenters. The van der Waals surface area contributed by atoms with Crippen LogP contribution in [0, 0.1) is 5.41 Å². The summed E-state index contributed by atoms with van der Waals surface area (Å²) in [7, 11) is 4.09. The van der Waals surface area contributed by atoms with E-state index in [1.165, 1.54) is 10.5 Å². The number of aliphatic hydroxyl groups is 1. The zero-order valence-electron chi connectivity index (χ0n) is 18.5. The van der Waals surface area contributed by atoms with E-state index in [4.69, 9.17) is 0 Å². The topological polar surface area (TPSA) is 52.6 Å². The van der Waals surface area contributed by atoms with Gasteiger partial charge in [-0.3, -0.25) is 4.79 Å². The van der Waals surface area contributed by atoms with E-state index < -0.39 is 6.10 Å². The second-order valence-corrected chi connectivity index (χ2v) is 9.55. The molecule has 2 N–H and O–H groups in total. The van der Waals surface area contributed by atoms with Gasteiger partial charge in [-0.05, 0) is 54.3 Å². The fourth-order valence-electron chi connectivity index (χ4n) is 4.51. The van der Waals surface area contributed by atoms with Crippen LogP contribution < -0.4 is 10.2 Å². The third kappa shape index (κ3) is 4.52. The minimum atomic E-state index is -0.494. The Balaban J connectivity index is 2.17. The minimum Gasteiger partial charge on any atom is -0.392 e. The third-order valence-corrected chi connectivity index (χ3v) is 7.91. The van der Waals surface area contributed by atoms with Crippen LogP contribution in [0.15, 0.2) is 47.4 Å². The Kier molecular flexibility index (Phi) is 7.48. The van der Waals surface area contributed by atoms with Crippen LogP contribution in [-0.4, -0.2) is 37.5 Å². The molecule has 0 aliphatic carbocycles. The summed E-state index contributed by atoms with van der Waals surface area (Å²) in [6, 6.07) is 14.5. The van der Waals surface area contributed by atoms with Gasteiger partial charge in [-0.15, -0.1) is 11.8 Å². The zero-order chi connectivity index (χ0) is 21.7. The smallest absolute Gasteiger partial charge is 0.211 e. The van der Waals surface area contributed by atoms with Crippen LogP contribution in [0.2, 0.25) is 0 Å². The van der Waals surface area contributed by atoms with Gasteiger partial charge < -0.3 is 15.3 Å². The van der Waals surface area contributed by atoms with Gasteiger partial charge >= 0.3 is 0 Å². The molecule has 0 spiro atoms. The Hall–Kier alpha value is -1.98. The minimum absolute atomic E-state index is 0.139. The van der Waals surface area contributed by atoms with Crippen LogP contribution in [-0.2, 0) is 4.79 Å². The van der Waals surface area contributed by atoms with Gasteiger partial charge in [0.1, 0.15) is 0 Å². The summed E-state index contributed by atoms with van der Waals surface area (Å²) in [6.07, 6.45) is 4.41. The number of thioether (sulfide) groups is 1. The first-order valence-electron chi connectivity index (χ1n) is 10.9. The molecule has 4 nitrogen and oxygen atoms in total. The summed E-state index contributed by atoms with van der Waals surface area (Å²) in [5, 5.41) is 14.7. The van der Waals surface area contributed by atoms with Crippen LogP contribution in [0.3, 0.4) is 0 Å². The van der Waals surface area contributed by atoms with Crippen molar-refractivity contribution in [1.82, 2.24) is 0 Å². The number of nitrogens with zero attached hydrogens (tertiary/aromatic N) is 1. The van der Waals surface area contributed by atoms with Gasteiger partial charge in [-0.2, -0.15) is 0 Å². The maximum atomic E-state index is 11.9. The fourth-order valence-corrected chi connectivity index (χ4v) is 5.99. The van der Waals surface area contributed by atoms with Crippen molar-refractivity contribution >= 4 is 29.5 Å². The van der Waals surface area contributed by atoms with E-state index in [1.807, 2.05) is 44.1 Å². The molecule has 2 aromatic carbocycles. The first-order chi connectivity index (χ1) is 14.5. The Morgan fingerprint density at radius 1 is 1.23 bits per heavy atom. The summed E-state index contributed by atoms with van der Waals surface area (Å²) in [4.78, 5) is 14.3. The summed E-state index contributed by atoms with van der Waals surface area (Å²) in [5.41, 5.74) is 3.97. The first-order valence-corrected chi connectivity index (χ1v) is 11.9. The molecule has 3 rings (SSSR count). The molecule has 2 unspecified atom stereocenters. The molecule has 2 aromatic rings. The van der Waals surface area contributed by atoms with E-state index in [2.05, 4.69) is 48.3 Å². The Morgan fingerprint density at radius 3 is 2.70 bits per heavy atom. The molecule has 1 amide bonds. The number of aliphatic hydroxyl groups excluding tert-OH is 1. The highest BCUT2D eigenvalue weighted by atomic mass is 32.2. The summed E-state index contributed by atoms with van der Waals surface area (Å²) >= 11 is 1.88. The number of fused-ring (bicyclic) bond motifs is 1. The van der Waals surface area contributed by atoms with Crippen molar-refractivity contribution in [2.24, 2.45) is 5.41 Å². The quantitative estimate of drug-likeness (QED) is 0.547. The molecular formula is C25H34N2O2S. The van der Waals surface area contributed by atoms with Crippen LogP contribution in [0.25, 0.3) is 0 Å². The molecular weight excluding hydrogens is 392 g/mol. The normalized spacial score (nSPS) is 23.4. The van der Waals surface area contributed by atoms with Crippen molar-refractivity contribution in [2.75, 3.05) is 30.1 Å². The monoisotopic (exact) mass is 426 g/mol. The van der Waals surface area contributed by atoms with E-state index in [0.29, 0.717) is 6.41 Å². The van der Waals surface area contributed by atoms with Gasteiger partial charge in [0, 0.05) is 47.5 Å². The highest BCUT2D eigenvalue weighted by Crippen LogP contribution is 2.51. The van der Waals surface area contributed by atoms with E-state index >= 15 is 0 Å². The predicted molar refractivity (Wildman–Crippen MR) is 128 cm³/mol. The highest BCUT2D eigenvalue weighted by molar-refractivity contribution is 7.99. The molecule has 1 aliphatic heterocycles. The van der Waals surface area contributed by atoms with Crippen molar-refractivity contribution in [3.8, 4) is 0 Å². The van der Waals surface area contributed by atoms with Gasteiger partial charge in [0.25, 0.3) is 0 Å². The molecule has 0 aromatic heterocycles. The van der Waals surface area contributed by atoms with Crippen LogP contribution in [0.5, 0.6) is 0 Å². The summed E-state index contributed by atoms with van der Waals surface area (Å²) in [5.74, 6) is 0.780. The second-order valence-electron chi connectivity index (χ2n) is 8.53. The van der Waals surface area contributed by atoms with Crippen molar-refractivity contribution < 1.29 is 9.90 Å². The molecule has 0 saturated heterocycles. The van der Waals surface area contributed by atoms with Crippen molar-refractivity contribution in [1.29, 1.82) is 0 Å². The maximum absolute atomic E-state index is 11.9. The number of benzene rings is 2. The third-order valence-electron chi connectivity index (χ3n) is 6.51. The number of hydrogen-bond acceptors (Lipinski definition) is 4. The average molecular weight is 427 g/mol. The zero-order valence-corrected chi connectivity index (χ0v) is 19.3. The lowest BCUT2D eigenvalue weighted by atomic mass is 9.69. The molecule has 5 heteroatoms. The maximum Gasteiger partial charge on any atom is 0.211 e. The number of amides is 1. The molecule has 1 aliphatic rings. The van der Waals surface area contributed by atoms with Crippen molar-refractivity contribution in [3.05, 3.63) is 53.6 Å². The van der Waals surface area contributed by atoms with Gasteiger partial charge in [-0.1, -0.05) is 38.8 Å². The number of rotatable bonds is 8. The molecule has 162 valence electrons. The second kappa shape index (κ2) is 9.88. The van der Waals surface area contributed by atoms with Crippen LogP contribution >= 0.6 is 11.8 Å². The largest absolute Gasteiger partial charge is 0.392 e. The molecule has 0 fully saturated rings. The molecule has 30 heavy (non-hydrogen) atoms. The highest BCUT2D eigenvalue weighted by Gasteiger charge is 2.44. The Bertz CT molecular complexity index is 870. The molecule has 0 bridgehead atoms. The lowest BCUT2D eigenvalue weighted by Gasteiger charge is -2.40. The predicted octanol–water partition coefficient (Wildman–Crippen LogP) is 5.51. The van der Waals surface area contributed by atoms with Crippen LogP contribution in [0.1, 0.15) is 56.6 Å². The van der Waals surface area contributed by atoms with E-state index in [1.54, 1.807) is 0 Å². The summed E-state index contributed by atoms with van der Waals surface area (Å²) in [6.45, 7) is 4.42. The lowest BCUT2D eigenvalue weighted by Crippen LogP contribution is -2.40. The van der Waals surface area contributed by atoms with Gasteiger partial charge in [0.2, 0.25) is 6.41 Å². The standard InChI is InChI=1S/C25H34N2O2S/c1-5-7-13-25(6-2)16-30-22-12-11-20(27(3)4)15-21(22)23(24(25)29)18-9-8-10-19(14-18)26-17-28/h8-12,14-15,17,23-24,29H,5-7,13,16H2,1-4H3,(H,26,28)/t23?,24?,25-/m1/s1. The van der Waals surface area contributed by atoms with Crippen LogP contribution in [0.4, 0.5) is 11.4 Å². The first kappa shape index (κ1) is 22.7. The van der Waals surface area contributed by atoms with Crippen molar-refractivity contribution in [3.63, 3.8) is 0 Å². The van der Waals surface area contributed by atoms with E-state index in [9.17, 15) is 9.90 Å². The van der Waals surface area contributed by atoms with E-state index in [-0.39, 0.29) is 11.3 Å². The van der Waals surface area contributed by atoms with Gasteiger partial charge in [-0.25, -0.2) is 0 Å². The number of carbonyl (C=O) groups excluding carboxylic acids is 1. The van der Waals surface area contributed by atoms with Crippen molar-refractivity contribution in [2.45, 2.75) is 56.4 Å². The van der Waals surface area contributed by atoms with Gasteiger partial charge in [0.05, 0.1) is 6.10 Å². The average Bonchev–Trinajstić information content (AvgIpc) is 2.87. The fraction of sp³-hybridized carbons (Fsp3) is 0.480. The number of anilines is 2. The number of carbonyl (C=O) groups is 1. The SMILES string of the molecule is CCCC[C@]1(CC)CSc2ccc(N(C)C)cc2C(c2cccc(NC=O)c2)C1O.